The van der Waals surface area contributed by atoms with Crippen molar-refractivity contribution in [3.8, 4) is 0 Å². The molecule has 0 saturated carbocycles. The number of rotatable bonds is 3. The molecule has 15 heavy (non-hydrogen) atoms. The van der Waals surface area contributed by atoms with E-state index in [0.717, 1.165) is 6.20 Å². The zero-order valence-corrected chi connectivity index (χ0v) is 9.53. The SMILES string of the molecule is NCc1cnc(C(F)F)c(I)c1C(=O)O. The van der Waals surface area contributed by atoms with Crippen LogP contribution in [0.15, 0.2) is 6.20 Å². The Hall–Kier alpha value is -0.830. The molecule has 1 rings (SSSR count). The number of carboxylic acid groups (broad SMARTS) is 1. The van der Waals surface area contributed by atoms with Gasteiger partial charge in [-0.3, -0.25) is 4.98 Å². The third-order valence-corrected chi connectivity index (χ3v) is 2.86. The molecule has 0 radical (unpaired) electrons. The largest absolute Gasteiger partial charge is 0.478 e. The van der Waals surface area contributed by atoms with Crippen LogP contribution in [0.1, 0.15) is 28.0 Å². The first kappa shape index (κ1) is 12.2. The van der Waals surface area contributed by atoms with Crippen molar-refractivity contribution in [2.24, 2.45) is 5.73 Å². The predicted octanol–water partition coefficient (Wildman–Crippen LogP) is 1.78. The normalized spacial score (nSPS) is 10.7. The van der Waals surface area contributed by atoms with Crippen LogP contribution in [0.4, 0.5) is 8.78 Å². The van der Waals surface area contributed by atoms with Crippen molar-refractivity contribution >= 4 is 28.6 Å². The number of aromatic carboxylic acids is 1. The number of alkyl halides is 2. The molecule has 1 aromatic rings. The number of carbonyl (C=O) groups is 1. The van der Waals surface area contributed by atoms with Gasteiger partial charge in [0.1, 0.15) is 5.69 Å². The van der Waals surface area contributed by atoms with Crippen molar-refractivity contribution < 1.29 is 18.7 Å². The van der Waals surface area contributed by atoms with Crippen LogP contribution in [0.2, 0.25) is 0 Å². The fraction of sp³-hybridized carbons (Fsp3) is 0.250. The number of hydrogen-bond donors (Lipinski definition) is 2. The number of nitrogens with zero attached hydrogens (tertiary/aromatic N) is 1. The highest BCUT2D eigenvalue weighted by atomic mass is 127. The second-order valence-corrected chi connectivity index (χ2v) is 3.75. The number of halogens is 3. The third-order valence-electron chi connectivity index (χ3n) is 1.77. The van der Waals surface area contributed by atoms with Gasteiger partial charge in [-0.15, -0.1) is 0 Å². The topological polar surface area (TPSA) is 76.2 Å². The molecule has 0 spiro atoms. The van der Waals surface area contributed by atoms with Crippen molar-refractivity contribution in [1.82, 2.24) is 4.98 Å². The summed E-state index contributed by atoms with van der Waals surface area (Å²) in [5.41, 5.74) is 4.82. The molecule has 0 saturated heterocycles. The van der Waals surface area contributed by atoms with Crippen molar-refractivity contribution in [2.45, 2.75) is 13.0 Å². The molecular weight excluding hydrogens is 321 g/mol. The van der Waals surface area contributed by atoms with Gasteiger partial charge in [0, 0.05) is 12.7 Å². The standard InChI is InChI=1S/C8H7F2IN2O2/c9-7(10)6-5(11)4(8(14)15)3(1-12)2-13-6/h2,7H,1,12H2,(H,14,15). The Kier molecular flexibility index (Phi) is 3.91. The molecule has 1 heterocycles. The zero-order valence-electron chi connectivity index (χ0n) is 7.38. The van der Waals surface area contributed by atoms with Gasteiger partial charge in [0.25, 0.3) is 6.43 Å². The van der Waals surface area contributed by atoms with E-state index in [1.807, 2.05) is 0 Å². The zero-order chi connectivity index (χ0) is 11.6. The molecule has 7 heteroatoms. The lowest BCUT2D eigenvalue weighted by Crippen LogP contribution is -2.12. The van der Waals surface area contributed by atoms with Gasteiger partial charge in [-0.25, -0.2) is 13.6 Å². The Morgan fingerprint density at radius 2 is 2.27 bits per heavy atom. The maximum Gasteiger partial charge on any atom is 0.337 e. The van der Waals surface area contributed by atoms with E-state index in [0.29, 0.717) is 0 Å². The van der Waals surface area contributed by atoms with Crippen molar-refractivity contribution in [3.05, 3.63) is 26.6 Å². The average molecular weight is 328 g/mol. The quantitative estimate of drug-likeness (QED) is 0.830. The minimum absolute atomic E-state index is 0.0475. The predicted molar refractivity (Wildman–Crippen MR) is 56.8 cm³/mol. The molecule has 0 amide bonds. The second kappa shape index (κ2) is 4.79. The molecule has 0 bridgehead atoms. The number of nitrogens with two attached hydrogens (primary N) is 1. The summed E-state index contributed by atoms with van der Waals surface area (Å²) >= 11 is 1.54. The molecule has 0 aromatic carbocycles. The van der Waals surface area contributed by atoms with E-state index in [4.69, 9.17) is 10.8 Å². The molecule has 0 aliphatic carbocycles. The van der Waals surface area contributed by atoms with Crippen LogP contribution in [0.3, 0.4) is 0 Å². The van der Waals surface area contributed by atoms with Crippen molar-refractivity contribution in [1.29, 1.82) is 0 Å². The first-order chi connectivity index (χ1) is 6.99. The Balaban J connectivity index is 3.42. The Bertz CT molecular complexity index is 398. The highest BCUT2D eigenvalue weighted by Crippen LogP contribution is 2.26. The first-order valence-corrected chi connectivity index (χ1v) is 4.95. The fourth-order valence-electron chi connectivity index (χ4n) is 1.08. The summed E-state index contributed by atoms with van der Waals surface area (Å²) in [7, 11) is 0. The summed E-state index contributed by atoms with van der Waals surface area (Å²) in [6, 6.07) is 0. The monoisotopic (exact) mass is 328 g/mol. The van der Waals surface area contributed by atoms with E-state index in [1.54, 1.807) is 22.6 Å². The van der Waals surface area contributed by atoms with Crippen molar-refractivity contribution in [3.63, 3.8) is 0 Å². The minimum Gasteiger partial charge on any atom is -0.478 e. The van der Waals surface area contributed by atoms with Crippen LogP contribution in [0, 0.1) is 3.57 Å². The smallest absolute Gasteiger partial charge is 0.337 e. The summed E-state index contributed by atoms with van der Waals surface area (Å²) in [5, 5.41) is 8.85. The average Bonchev–Trinajstić information content (AvgIpc) is 2.15. The van der Waals surface area contributed by atoms with Crippen LogP contribution in [0.25, 0.3) is 0 Å². The van der Waals surface area contributed by atoms with Gasteiger partial charge in [0.05, 0.1) is 9.13 Å². The summed E-state index contributed by atoms with van der Waals surface area (Å²) < 4.78 is 24.8. The number of carboxylic acids is 1. The van der Waals surface area contributed by atoms with Crippen molar-refractivity contribution in [2.75, 3.05) is 0 Å². The number of hydrogen-bond acceptors (Lipinski definition) is 3. The van der Waals surface area contributed by atoms with E-state index in [-0.39, 0.29) is 21.2 Å². The molecule has 0 atom stereocenters. The van der Waals surface area contributed by atoms with Gasteiger partial charge >= 0.3 is 5.97 Å². The third kappa shape index (κ3) is 2.40. The minimum atomic E-state index is -2.79. The first-order valence-electron chi connectivity index (χ1n) is 3.87. The summed E-state index contributed by atoms with van der Waals surface area (Å²) in [6.45, 7) is -0.0475. The highest BCUT2D eigenvalue weighted by Gasteiger charge is 2.22. The van der Waals surface area contributed by atoms with Crippen LogP contribution in [-0.4, -0.2) is 16.1 Å². The molecule has 1 aromatic heterocycles. The molecule has 0 aliphatic rings. The summed E-state index contributed by atoms with van der Waals surface area (Å²) in [4.78, 5) is 14.3. The van der Waals surface area contributed by atoms with Crippen LogP contribution >= 0.6 is 22.6 Å². The number of pyridine rings is 1. The van der Waals surface area contributed by atoms with Crippen LogP contribution in [-0.2, 0) is 6.54 Å². The summed E-state index contributed by atoms with van der Waals surface area (Å²) in [6.07, 6.45) is -1.71. The van der Waals surface area contributed by atoms with Crippen LogP contribution in [0.5, 0.6) is 0 Å². The maximum atomic E-state index is 12.4. The van der Waals surface area contributed by atoms with Gasteiger partial charge in [-0.05, 0) is 28.2 Å². The molecule has 0 unspecified atom stereocenters. The van der Waals surface area contributed by atoms with Gasteiger partial charge in [-0.1, -0.05) is 0 Å². The Labute approximate surface area is 97.6 Å². The van der Waals surface area contributed by atoms with Crippen LogP contribution < -0.4 is 5.73 Å². The van der Waals surface area contributed by atoms with Gasteiger partial charge < -0.3 is 10.8 Å². The number of aromatic nitrogens is 1. The molecule has 4 nitrogen and oxygen atoms in total. The molecule has 82 valence electrons. The summed E-state index contributed by atoms with van der Waals surface area (Å²) in [5.74, 6) is -1.27. The van der Waals surface area contributed by atoms with Gasteiger partial charge in [0.2, 0.25) is 0 Å². The molecule has 0 fully saturated rings. The highest BCUT2D eigenvalue weighted by molar-refractivity contribution is 14.1. The molecular formula is C8H7F2IN2O2. The van der Waals surface area contributed by atoms with Gasteiger partial charge in [-0.2, -0.15) is 0 Å². The van der Waals surface area contributed by atoms with E-state index in [9.17, 15) is 13.6 Å². The maximum absolute atomic E-state index is 12.4. The Morgan fingerprint density at radius 1 is 1.67 bits per heavy atom. The lowest BCUT2D eigenvalue weighted by molar-refractivity contribution is 0.0693. The van der Waals surface area contributed by atoms with E-state index >= 15 is 0 Å². The Morgan fingerprint density at radius 3 is 2.67 bits per heavy atom. The van der Waals surface area contributed by atoms with E-state index in [1.165, 1.54) is 0 Å². The molecule has 3 N–H and O–H groups in total. The van der Waals surface area contributed by atoms with Gasteiger partial charge in [0.15, 0.2) is 0 Å². The van der Waals surface area contributed by atoms with E-state index in [2.05, 4.69) is 4.98 Å². The lowest BCUT2D eigenvalue weighted by Gasteiger charge is -2.09. The lowest BCUT2D eigenvalue weighted by atomic mass is 10.1. The second-order valence-electron chi connectivity index (χ2n) is 2.67. The van der Waals surface area contributed by atoms with E-state index < -0.39 is 18.1 Å². The molecule has 0 aliphatic heterocycles. The fourth-order valence-corrected chi connectivity index (χ4v) is 2.03.